The summed E-state index contributed by atoms with van der Waals surface area (Å²) in [7, 11) is 0. The Balaban J connectivity index is 0.00000625. The summed E-state index contributed by atoms with van der Waals surface area (Å²) >= 11 is 0. The van der Waals surface area contributed by atoms with Crippen molar-refractivity contribution in [1.29, 1.82) is 0 Å². The summed E-state index contributed by atoms with van der Waals surface area (Å²) in [4.78, 5) is 9.57. The van der Waals surface area contributed by atoms with Crippen LogP contribution in [0.4, 0.5) is 11.4 Å². The second-order valence-electron chi connectivity index (χ2n) is 22.5. The van der Waals surface area contributed by atoms with Crippen molar-refractivity contribution in [3.63, 3.8) is 0 Å². The van der Waals surface area contributed by atoms with Gasteiger partial charge in [-0.25, -0.2) is 4.98 Å². The fourth-order valence-electron chi connectivity index (χ4n) is 9.27. The van der Waals surface area contributed by atoms with Gasteiger partial charge in [0.2, 0.25) is 0 Å². The first kappa shape index (κ1) is 48.6. The van der Waals surface area contributed by atoms with Gasteiger partial charge in [-0.3, -0.25) is 0 Å². The Morgan fingerprint density at radius 3 is 1.72 bits per heavy atom. The molecule has 6 heteroatoms. The maximum absolute atomic E-state index is 6.88. The van der Waals surface area contributed by atoms with E-state index in [0.717, 1.165) is 44.6 Å². The van der Waals surface area contributed by atoms with Gasteiger partial charge < -0.3 is 19.1 Å². The molecule has 0 radical (unpaired) electrons. The quantitative estimate of drug-likeness (QED) is 0.135. The van der Waals surface area contributed by atoms with Gasteiger partial charge in [0.1, 0.15) is 5.82 Å². The second kappa shape index (κ2) is 17.9. The molecule has 0 saturated heterocycles. The fourth-order valence-corrected chi connectivity index (χ4v) is 9.27. The van der Waals surface area contributed by atoms with E-state index >= 15 is 0 Å². The number of hydrogen-bond donors (Lipinski definition) is 0. The predicted octanol–water partition coefficient (Wildman–Crippen LogP) is 16.1. The molecule has 0 fully saturated rings. The molecule has 0 spiro atoms. The van der Waals surface area contributed by atoms with Crippen molar-refractivity contribution in [3.05, 3.63) is 210 Å². The second-order valence-corrected chi connectivity index (χ2v) is 22.5. The smallest absolute Gasteiger partial charge is 0.135 e. The molecular weight excluding hydrogens is 1010 g/mol. The minimum absolute atomic E-state index is 0. The van der Waals surface area contributed by atoms with Crippen LogP contribution >= 0.6 is 0 Å². The number of allylic oxidation sites excluding steroid dienone is 1. The molecule has 5 nitrogen and oxygen atoms in total. The van der Waals surface area contributed by atoms with Crippen LogP contribution in [0.15, 0.2) is 158 Å². The zero-order valence-electron chi connectivity index (χ0n) is 42.0. The Kier molecular flexibility index (Phi) is 12.8. The van der Waals surface area contributed by atoms with Crippen LogP contribution in [0.2, 0.25) is 0 Å². The fraction of sp³-hybridized carbons (Fsp3) is 0.290. The van der Waals surface area contributed by atoms with Crippen molar-refractivity contribution >= 4 is 33.2 Å². The molecule has 1 aliphatic heterocycles. The molecule has 6 aromatic carbocycles. The van der Waals surface area contributed by atoms with E-state index in [1.54, 1.807) is 0 Å². The summed E-state index contributed by atoms with van der Waals surface area (Å²) in [5, 5.41) is 2.22. The molecule has 0 unspecified atom stereocenters. The van der Waals surface area contributed by atoms with Gasteiger partial charge in [-0.1, -0.05) is 180 Å². The summed E-state index contributed by atoms with van der Waals surface area (Å²) in [5.74, 6) is 2.07. The molecule has 0 aliphatic carbocycles. The van der Waals surface area contributed by atoms with E-state index < -0.39 is 0 Å². The van der Waals surface area contributed by atoms with E-state index in [1.165, 1.54) is 33.5 Å². The van der Waals surface area contributed by atoms with Crippen LogP contribution < -0.4 is 14.5 Å². The molecule has 0 amide bonds. The topological polar surface area (TPSA) is 33.5 Å². The zero-order chi connectivity index (χ0) is 47.7. The molecule has 0 bridgehead atoms. The van der Waals surface area contributed by atoms with E-state index in [1.807, 2.05) is 12.3 Å². The first-order valence-corrected chi connectivity index (χ1v) is 23.7. The van der Waals surface area contributed by atoms with Gasteiger partial charge in [0.05, 0.1) is 0 Å². The third-order valence-electron chi connectivity index (χ3n) is 13.8. The molecule has 352 valence electrons. The molecule has 68 heavy (non-hydrogen) atoms. The van der Waals surface area contributed by atoms with Gasteiger partial charge in [0, 0.05) is 71.9 Å². The van der Waals surface area contributed by atoms with Crippen LogP contribution in [0, 0.1) is 24.2 Å². The first-order valence-electron chi connectivity index (χ1n) is 23.7. The molecule has 0 atom stereocenters. The molecular formula is C62H65N4OPt-3. The van der Waals surface area contributed by atoms with Crippen LogP contribution in [0.5, 0.6) is 11.5 Å². The van der Waals surface area contributed by atoms with Gasteiger partial charge in [-0.05, 0) is 80.6 Å². The SMILES string of the molecule is CC(C)(C)C1=CN(c2[c-]c(Oc3[c-]c4c(cc3)c3ccccc3n4-c3cc(C(C)(C)c4ccccc4)ccn3)cc(C(C)(C)C)c2)[CH-]N1c1cc(C(C)(C)C)cc(C(C)(C)c2ccccc2)c1.[Pt]. The Labute approximate surface area is 420 Å². The molecule has 0 N–H and O–H groups in total. The van der Waals surface area contributed by atoms with Crippen LogP contribution in [0.25, 0.3) is 27.6 Å². The normalized spacial score (nSPS) is 13.8. The van der Waals surface area contributed by atoms with Gasteiger partial charge >= 0.3 is 0 Å². The third kappa shape index (κ3) is 9.32. The molecule has 0 saturated carbocycles. The van der Waals surface area contributed by atoms with Crippen molar-refractivity contribution < 1.29 is 25.8 Å². The summed E-state index contributed by atoms with van der Waals surface area (Å²) in [6.45, 7) is 31.9. The molecule has 2 aromatic heterocycles. The number of anilines is 2. The largest absolute Gasteiger partial charge is 0.509 e. The van der Waals surface area contributed by atoms with Crippen LogP contribution in [0.1, 0.15) is 123 Å². The van der Waals surface area contributed by atoms with E-state index in [0.29, 0.717) is 11.5 Å². The van der Waals surface area contributed by atoms with Crippen molar-refractivity contribution in [2.45, 2.75) is 112 Å². The van der Waals surface area contributed by atoms with E-state index in [2.05, 4.69) is 263 Å². The molecule has 8 aromatic rings. The number of ether oxygens (including phenoxy) is 1. The average molecular weight is 1080 g/mol. The summed E-state index contributed by atoms with van der Waals surface area (Å²) in [6, 6.07) is 57.5. The number of pyridine rings is 1. The van der Waals surface area contributed by atoms with Crippen LogP contribution in [0.3, 0.4) is 0 Å². The average Bonchev–Trinajstić information content (AvgIpc) is 3.90. The number of benzene rings is 6. The number of hydrogen-bond acceptors (Lipinski definition) is 4. The van der Waals surface area contributed by atoms with Crippen molar-refractivity contribution in [2.75, 3.05) is 9.80 Å². The number of rotatable bonds is 9. The number of fused-ring (bicyclic) bond motifs is 3. The van der Waals surface area contributed by atoms with E-state index in [4.69, 9.17) is 9.72 Å². The maximum Gasteiger partial charge on any atom is 0.135 e. The van der Waals surface area contributed by atoms with E-state index in [-0.39, 0.29) is 48.1 Å². The van der Waals surface area contributed by atoms with Gasteiger partial charge in [-0.15, -0.1) is 53.6 Å². The van der Waals surface area contributed by atoms with E-state index in [9.17, 15) is 0 Å². The van der Waals surface area contributed by atoms with Crippen LogP contribution in [-0.2, 0) is 42.7 Å². The first-order chi connectivity index (χ1) is 31.6. The number of para-hydroxylation sites is 1. The minimum Gasteiger partial charge on any atom is -0.509 e. The van der Waals surface area contributed by atoms with Gasteiger partial charge in [-0.2, -0.15) is 6.07 Å². The Hall–Kier alpha value is -5.90. The molecule has 1 aliphatic rings. The predicted molar refractivity (Wildman–Crippen MR) is 281 cm³/mol. The Morgan fingerprint density at radius 1 is 0.500 bits per heavy atom. The zero-order valence-corrected chi connectivity index (χ0v) is 44.3. The van der Waals surface area contributed by atoms with Gasteiger partial charge in [0.25, 0.3) is 0 Å². The van der Waals surface area contributed by atoms with Crippen molar-refractivity contribution in [3.8, 4) is 17.3 Å². The maximum atomic E-state index is 6.88. The van der Waals surface area contributed by atoms with Gasteiger partial charge in [0.15, 0.2) is 0 Å². The summed E-state index contributed by atoms with van der Waals surface area (Å²) in [5.41, 5.74) is 11.8. The Bertz CT molecular complexity index is 3140. The monoisotopic (exact) mass is 1080 g/mol. The molecule has 9 rings (SSSR count). The summed E-state index contributed by atoms with van der Waals surface area (Å²) < 4.78 is 9.10. The standard InChI is InChI=1S/C62H65N4O.Pt/c1-58(2,3)45-32-47(62(12,13)43-24-18-15-19-25-43)35-49(34-45)65-41-64(40-56(65)60(7,8)9)48-33-46(59(4,5)6)36-51(38-48)67-50-28-29-53-52-26-20-21-27-54(52)66(55(53)39-50)57-37-44(30-31-63-57)61(10,11)42-22-16-14-17-23-42;/h14-37,40-41H,1-13H3;/q-3;. The summed E-state index contributed by atoms with van der Waals surface area (Å²) in [6.07, 6.45) is 4.19. The number of nitrogens with zero attached hydrogens (tertiary/aromatic N) is 4. The van der Waals surface area contributed by atoms with Crippen LogP contribution in [-0.4, -0.2) is 9.55 Å². The van der Waals surface area contributed by atoms with Crippen molar-refractivity contribution in [1.82, 2.24) is 9.55 Å². The minimum atomic E-state index is -0.230. The third-order valence-corrected chi connectivity index (χ3v) is 13.8. The molecule has 3 heterocycles. The Morgan fingerprint density at radius 2 is 1.09 bits per heavy atom. The van der Waals surface area contributed by atoms with Crippen molar-refractivity contribution in [2.24, 2.45) is 5.41 Å². The number of aromatic nitrogens is 2.